The molecule has 4 heteroatoms. The van der Waals surface area contributed by atoms with Gasteiger partial charge in [0.05, 0.1) is 0 Å². The molecule has 0 atom stereocenters. The zero-order valence-corrected chi connectivity index (χ0v) is 14.7. The number of halogens is 1. The molecule has 114 valence electrons. The summed E-state index contributed by atoms with van der Waals surface area (Å²) in [6.45, 7) is 8.27. The normalized spacial score (nSPS) is 11.7. The lowest BCUT2D eigenvalue weighted by Gasteiger charge is -2.26. The fourth-order valence-corrected chi connectivity index (χ4v) is 2.97. The Balaban J connectivity index is 2.18. The van der Waals surface area contributed by atoms with Crippen LogP contribution < -0.4 is 10.2 Å². The first kappa shape index (κ1) is 16.3. The molecular weight excluding hydrogens is 300 g/mol. The van der Waals surface area contributed by atoms with Gasteiger partial charge in [-0.15, -0.1) is 0 Å². The van der Waals surface area contributed by atoms with E-state index in [-0.39, 0.29) is 5.54 Å². The number of hydrogen-bond acceptors (Lipinski definition) is 3. The van der Waals surface area contributed by atoms with Crippen LogP contribution in [0.4, 0.5) is 5.69 Å². The Morgan fingerprint density at radius 2 is 2.00 bits per heavy atom. The van der Waals surface area contributed by atoms with Crippen molar-refractivity contribution in [2.24, 2.45) is 0 Å². The monoisotopic (exact) mass is 322 g/mol. The lowest BCUT2D eigenvalue weighted by Crippen LogP contribution is -2.35. The molecule has 1 heterocycles. The van der Waals surface area contributed by atoms with Crippen molar-refractivity contribution < 1.29 is 0 Å². The molecule has 2 aromatic rings. The van der Waals surface area contributed by atoms with E-state index < -0.39 is 0 Å². The van der Waals surface area contributed by atoms with Crippen molar-refractivity contribution >= 4 is 28.6 Å². The molecule has 21 heavy (non-hydrogen) atoms. The van der Waals surface area contributed by atoms with E-state index in [1.165, 1.54) is 16.8 Å². The maximum absolute atomic E-state index is 6.19. The molecule has 0 aliphatic rings. The molecule has 0 fully saturated rings. The minimum atomic E-state index is 0.100. The first-order valence-corrected chi connectivity index (χ1v) is 8.43. The van der Waals surface area contributed by atoms with Gasteiger partial charge >= 0.3 is 0 Å². The molecule has 0 bridgehead atoms. The van der Waals surface area contributed by atoms with Crippen LogP contribution in [0.5, 0.6) is 0 Å². The molecule has 0 aliphatic carbocycles. The molecule has 1 N–H and O–H groups in total. The Kier molecular flexibility index (Phi) is 5.31. The highest BCUT2D eigenvalue weighted by Crippen LogP contribution is 2.26. The third-order valence-corrected chi connectivity index (χ3v) is 4.23. The quantitative estimate of drug-likeness (QED) is 0.840. The number of nitrogens with one attached hydrogen (secondary N) is 1. The third-order valence-electron chi connectivity index (χ3n) is 3.27. The molecule has 0 unspecified atom stereocenters. The van der Waals surface area contributed by atoms with Crippen molar-refractivity contribution in [1.82, 2.24) is 5.32 Å². The summed E-state index contributed by atoms with van der Waals surface area (Å²) in [5.74, 6) is 0. The molecule has 0 saturated carbocycles. The van der Waals surface area contributed by atoms with Gasteiger partial charge in [-0.2, -0.15) is 11.3 Å². The first-order valence-electron chi connectivity index (χ1n) is 7.11. The summed E-state index contributed by atoms with van der Waals surface area (Å²) in [6.07, 6.45) is 0. The number of nitrogens with zero attached hydrogens (tertiary/aromatic N) is 1. The van der Waals surface area contributed by atoms with Gasteiger partial charge in [-0.05, 0) is 60.9 Å². The van der Waals surface area contributed by atoms with Gasteiger partial charge in [0, 0.05) is 36.4 Å². The van der Waals surface area contributed by atoms with E-state index in [0.717, 1.165) is 18.1 Å². The number of anilines is 1. The van der Waals surface area contributed by atoms with E-state index in [2.05, 4.69) is 60.9 Å². The van der Waals surface area contributed by atoms with Crippen LogP contribution in [0.25, 0.3) is 0 Å². The Morgan fingerprint density at radius 3 is 2.62 bits per heavy atom. The summed E-state index contributed by atoms with van der Waals surface area (Å²) in [4.78, 5) is 2.26. The van der Waals surface area contributed by atoms with Gasteiger partial charge in [0.1, 0.15) is 0 Å². The highest BCUT2D eigenvalue weighted by molar-refractivity contribution is 7.07. The SMILES string of the molecule is CN(Cc1ccsc1)c1cc(Cl)ccc1CNC(C)(C)C. The smallest absolute Gasteiger partial charge is 0.0434 e. The molecule has 0 aliphatic heterocycles. The number of benzene rings is 1. The molecule has 0 saturated heterocycles. The van der Waals surface area contributed by atoms with Crippen LogP contribution in [-0.4, -0.2) is 12.6 Å². The van der Waals surface area contributed by atoms with Crippen molar-refractivity contribution in [1.29, 1.82) is 0 Å². The summed E-state index contributed by atoms with van der Waals surface area (Å²) in [7, 11) is 2.11. The lowest BCUT2D eigenvalue weighted by molar-refractivity contribution is 0.424. The summed E-state index contributed by atoms with van der Waals surface area (Å²) in [5, 5.41) is 8.63. The largest absolute Gasteiger partial charge is 0.370 e. The van der Waals surface area contributed by atoms with Gasteiger partial charge in [0.15, 0.2) is 0 Å². The molecule has 1 aromatic carbocycles. The standard InChI is InChI=1S/C17H23ClN2S/c1-17(2,3)19-10-14-5-6-15(18)9-16(14)20(4)11-13-7-8-21-12-13/h5-9,12,19H,10-11H2,1-4H3. The van der Waals surface area contributed by atoms with Crippen LogP contribution in [0, 0.1) is 0 Å². The molecule has 0 spiro atoms. The summed E-state index contributed by atoms with van der Waals surface area (Å²) in [6, 6.07) is 8.29. The van der Waals surface area contributed by atoms with Crippen LogP contribution in [0.1, 0.15) is 31.9 Å². The predicted molar refractivity (Wildman–Crippen MR) is 94.5 cm³/mol. The fraction of sp³-hybridized carbons (Fsp3) is 0.412. The second-order valence-corrected chi connectivity index (χ2v) is 7.58. The molecule has 0 amide bonds. The summed E-state index contributed by atoms with van der Waals surface area (Å²) < 4.78 is 0. The van der Waals surface area contributed by atoms with Gasteiger partial charge in [-0.25, -0.2) is 0 Å². The number of rotatable bonds is 5. The Hall–Kier alpha value is -1.03. The maximum Gasteiger partial charge on any atom is 0.0434 e. The topological polar surface area (TPSA) is 15.3 Å². The van der Waals surface area contributed by atoms with E-state index in [4.69, 9.17) is 11.6 Å². The van der Waals surface area contributed by atoms with E-state index in [1.54, 1.807) is 11.3 Å². The highest BCUT2D eigenvalue weighted by Gasteiger charge is 2.13. The zero-order chi connectivity index (χ0) is 15.5. The molecule has 1 aromatic heterocycles. The predicted octanol–water partition coefficient (Wildman–Crippen LogP) is 4.93. The van der Waals surface area contributed by atoms with E-state index in [9.17, 15) is 0 Å². The van der Waals surface area contributed by atoms with Gasteiger partial charge < -0.3 is 10.2 Å². The lowest BCUT2D eigenvalue weighted by atomic mass is 10.1. The van der Waals surface area contributed by atoms with Crippen molar-refractivity contribution in [3.63, 3.8) is 0 Å². The first-order chi connectivity index (χ1) is 9.85. The van der Waals surface area contributed by atoms with Gasteiger partial charge in [0.2, 0.25) is 0 Å². The van der Waals surface area contributed by atoms with Gasteiger partial charge in [0.25, 0.3) is 0 Å². The summed E-state index contributed by atoms with van der Waals surface area (Å²) in [5.41, 5.74) is 3.89. The van der Waals surface area contributed by atoms with E-state index >= 15 is 0 Å². The van der Waals surface area contributed by atoms with E-state index in [0.29, 0.717) is 0 Å². The van der Waals surface area contributed by atoms with Crippen LogP contribution in [-0.2, 0) is 13.1 Å². The van der Waals surface area contributed by atoms with Crippen molar-refractivity contribution in [3.05, 3.63) is 51.2 Å². The number of thiophene rings is 1. The minimum absolute atomic E-state index is 0.100. The van der Waals surface area contributed by atoms with E-state index in [1.807, 2.05) is 12.1 Å². The van der Waals surface area contributed by atoms with Crippen LogP contribution in [0.15, 0.2) is 35.0 Å². The second kappa shape index (κ2) is 6.82. The molecule has 0 radical (unpaired) electrons. The Bertz CT molecular complexity index is 573. The van der Waals surface area contributed by atoms with Gasteiger partial charge in [-0.3, -0.25) is 0 Å². The van der Waals surface area contributed by atoms with Crippen LogP contribution in [0.3, 0.4) is 0 Å². The molecule has 2 rings (SSSR count). The Morgan fingerprint density at radius 1 is 1.24 bits per heavy atom. The summed E-state index contributed by atoms with van der Waals surface area (Å²) >= 11 is 7.92. The second-order valence-electron chi connectivity index (χ2n) is 6.36. The van der Waals surface area contributed by atoms with Gasteiger partial charge in [-0.1, -0.05) is 17.7 Å². The fourth-order valence-electron chi connectivity index (χ4n) is 2.14. The van der Waals surface area contributed by atoms with Crippen LogP contribution >= 0.6 is 22.9 Å². The average Bonchev–Trinajstić information content (AvgIpc) is 2.89. The zero-order valence-electron chi connectivity index (χ0n) is 13.1. The van der Waals surface area contributed by atoms with Crippen molar-refractivity contribution in [2.75, 3.05) is 11.9 Å². The average molecular weight is 323 g/mol. The molecule has 2 nitrogen and oxygen atoms in total. The Labute approximate surface area is 136 Å². The van der Waals surface area contributed by atoms with Crippen molar-refractivity contribution in [2.45, 2.75) is 39.4 Å². The minimum Gasteiger partial charge on any atom is -0.370 e. The highest BCUT2D eigenvalue weighted by atomic mass is 35.5. The number of hydrogen-bond donors (Lipinski definition) is 1. The molecular formula is C17H23ClN2S. The third kappa shape index (κ3) is 5.03. The van der Waals surface area contributed by atoms with Crippen molar-refractivity contribution in [3.8, 4) is 0 Å². The van der Waals surface area contributed by atoms with Crippen LogP contribution in [0.2, 0.25) is 5.02 Å². The maximum atomic E-state index is 6.19.